The Morgan fingerprint density at radius 2 is 1.69 bits per heavy atom. The van der Waals surface area contributed by atoms with Gasteiger partial charge in [-0.15, -0.1) is 0 Å². The van der Waals surface area contributed by atoms with E-state index >= 15 is 0 Å². The number of Topliss-reactive ketones (excluding diaryl/α,β-unsaturated/α-hetero) is 1. The fourth-order valence-electron chi connectivity index (χ4n) is 5.74. The molecule has 0 unspecified atom stereocenters. The summed E-state index contributed by atoms with van der Waals surface area (Å²) in [7, 11) is 0. The van der Waals surface area contributed by atoms with E-state index in [4.69, 9.17) is 9.47 Å². The minimum absolute atomic E-state index is 0.153. The lowest BCUT2D eigenvalue weighted by Crippen LogP contribution is -2.62. The number of ether oxygens (including phenoxy) is 2. The predicted molar refractivity (Wildman–Crippen MR) is 109 cm³/mol. The molecule has 2 bridgehead atoms. The van der Waals surface area contributed by atoms with Gasteiger partial charge in [-0.2, -0.15) is 0 Å². The maximum atomic E-state index is 13.6. The molecular weight excluding hydrogens is 416 g/mol. The Hall–Kier alpha value is -3.07. The number of carbonyl (C=O) groups is 5. The van der Waals surface area contributed by atoms with Gasteiger partial charge in [-0.05, 0) is 52.7 Å². The van der Waals surface area contributed by atoms with E-state index in [9.17, 15) is 24.0 Å². The van der Waals surface area contributed by atoms with Crippen molar-refractivity contribution >= 4 is 35.2 Å². The minimum Gasteiger partial charge on any atom is -0.458 e. The summed E-state index contributed by atoms with van der Waals surface area (Å²) in [4.78, 5) is 68.6. The van der Waals surface area contributed by atoms with Gasteiger partial charge in [-0.25, -0.2) is 9.69 Å². The number of esters is 1. The van der Waals surface area contributed by atoms with E-state index in [0.29, 0.717) is 5.69 Å². The van der Waals surface area contributed by atoms with Crippen LogP contribution in [0.15, 0.2) is 30.3 Å². The molecule has 5 atom stereocenters. The van der Waals surface area contributed by atoms with Crippen LogP contribution in [0, 0.1) is 11.8 Å². The zero-order valence-electron chi connectivity index (χ0n) is 18.3. The number of fused-ring (bicyclic) bond motifs is 3. The SMILES string of the molecule is CC(=O)[C@@]12O[C@]3(CC[C@@H](C(=O)OC(C)(C)C)N3C1=O)[C@H]1C(=O)N(c3ccccc3)C(=O)[C@H]12. The van der Waals surface area contributed by atoms with Gasteiger partial charge < -0.3 is 9.47 Å². The molecule has 1 aromatic rings. The molecule has 4 fully saturated rings. The van der Waals surface area contributed by atoms with Crippen LogP contribution in [0.25, 0.3) is 0 Å². The molecule has 0 aromatic heterocycles. The van der Waals surface area contributed by atoms with Crippen LogP contribution in [0.3, 0.4) is 0 Å². The van der Waals surface area contributed by atoms with Crippen LogP contribution < -0.4 is 4.90 Å². The number of imide groups is 1. The molecule has 168 valence electrons. The van der Waals surface area contributed by atoms with E-state index in [1.807, 2.05) is 0 Å². The number of hydrogen-bond acceptors (Lipinski definition) is 7. The third-order valence-electron chi connectivity index (χ3n) is 6.82. The van der Waals surface area contributed by atoms with Gasteiger partial charge in [0.05, 0.1) is 5.69 Å². The summed E-state index contributed by atoms with van der Waals surface area (Å²) in [6, 6.07) is 7.40. The number of rotatable bonds is 3. The average molecular weight is 440 g/mol. The van der Waals surface area contributed by atoms with E-state index in [1.54, 1.807) is 51.1 Å². The smallest absolute Gasteiger partial charge is 0.329 e. The van der Waals surface area contributed by atoms with Gasteiger partial charge in [0.15, 0.2) is 11.5 Å². The van der Waals surface area contributed by atoms with Crippen molar-refractivity contribution in [2.24, 2.45) is 11.8 Å². The van der Waals surface area contributed by atoms with E-state index < -0.39 is 64.3 Å². The molecule has 4 saturated heterocycles. The number of para-hydroxylation sites is 1. The van der Waals surface area contributed by atoms with Crippen LogP contribution in [-0.4, -0.2) is 57.3 Å². The number of nitrogens with zero attached hydrogens (tertiary/aromatic N) is 2. The third-order valence-corrected chi connectivity index (χ3v) is 6.82. The number of anilines is 1. The monoisotopic (exact) mass is 440 g/mol. The van der Waals surface area contributed by atoms with Crippen LogP contribution >= 0.6 is 0 Å². The predicted octanol–water partition coefficient (Wildman–Crippen LogP) is 1.19. The first-order valence-electron chi connectivity index (χ1n) is 10.7. The molecule has 0 N–H and O–H groups in total. The summed E-state index contributed by atoms with van der Waals surface area (Å²) in [6.45, 7) is 6.33. The van der Waals surface area contributed by atoms with Crippen LogP contribution in [0.4, 0.5) is 5.69 Å². The summed E-state index contributed by atoms with van der Waals surface area (Å²) >= 11 is 0. The first-order chi connectivity index (χ1) is 15.0. The zero-order valence-corrected chi connectivity index (χ0v) is 18.3. The van der Waals surface area contributed by atoms with Crippen molar-refractivity contribution in [3.8, 4) is 0 Å². The molecule has 9 heteroatoms. The van der Waals surface area contributed by atoms with Crippen LogP contribution in [0.1, 0.15) is 40.5 Å². The number of amides is 3. The van der Waals surface area contributed by atoms with Crippen LogP contribution in [0.5, 0.6) is 0 Å². The second-order valence-electron chi connectivity index (χ2n) is 9.80. The molecular formula is C23H24N2O7. The zero-order chi connectivity index (χ0) is 23.2. The Labute approximate surface area is 184 Å². The Morgan fingerprint density at radius 3 is 2.28 bits per heavy atom. The summed E-state index contributed by atoms with van der Waals surface area (Å²) in [5.41, 5.74) is -4.04. The Morgan fingerprint density at radius 1 is 1.06 bits per heavy atom. The molecule has 1 aromatic carbocycles. The maximum absolute atomic E-state index is 13.6. The molecule has 4 heterocycles. The highest BCUT2D eigenvalue weighted by Crippen LogP contribution is 2.64. The quantitative estimate of drug-likeness (QED) is 0.394. The topological polar surface area (TPSA) is 110 Å². The largest absolute Gasteiger partial charge is 0.458 e. The molecule has 3 amide bonds. The first-order valence-corrected chi connectivity index (χ1v) is 10.7. The molecule has 4 aliphatic rings. The van der Waals surface area contributed by atoms with Crippen LogP contribution in [-0.2, 0) is 33.4 Å². The number of carbonyl (C=O) groups excluding carboxylic acids is 5. The van der Waals surface area contributed by atoms with E-state index in [2.05, 4.69) is 0 Å². The summed E-state index contributed by atoms with van der Waals surface area (Å²) in [5, 5.41) is 0. The highest BCUT2D eigenvalue weighted by Gasteiger charge is 2.86. The van der Waals surface area contributed by atoms with Gasteiger partial charge >= 0.3 is 5.97 Å². The number of hydrogen-bond donors (Lipinski definition) is 0. The molecule has 0 radical (unpaired) electrons. The lowest BCUT2D eigenvalue weighted by Gasteiger charge is -2.38. The van der Waals surface area contributed by atoms with E-state index in [0.717, 1.165) is 4.90 Å². The van der Waals surface area contributed by atoms with Gasteiger partial charge in [0.25, 0.3) is 5.91 Å². The molecule has 9 nitrogen and oxygen atoms in total. The molecule has 0 saturated carbocycles. The van der Waals surface area contributed by atoms with Crippen molar-refractivity contribution in [2.45, 2.75) is 63.5 Å². The Bertz CT molecular complexity index is 1080. The summed E-state index contributed by atoms with van der Waals surface area (Å²) < 4.78 is 11.6. The second-order valence-corrected chi connectivity index (χ2v) is 9.80. The maximum Gasteiger partial charge on any atom is 0.329 e. The fourth-order valence-corrected chi connectivity index (χ4v) is 5.74. The highest BCUT2D eigenvalue weighted by atomic mass is 16.6. The molecule has 32 heavy (non-hydrogen) atoms. The minimum atomic E-state index is -2.11. The lowest BCUT2D eigenvalue weighted by molar-refractivity contribution is -0.169. The second kappa shape index (κ2) is 6.25. The molecule has 0 aliphatic carbocycles. The standard InChI is InChI=1S/C23H24N2O7/c1-12(26)23-16-15(17(27)24(18(16)28)13-8-6-5-7-9-13)22(32-23)11-10-14(25(22)20(23)30)19(29)31-21(2,3)4/h5-9,14-16H,10-11H2,1-4H3/t14-,15+,16-,22+,23-/m0/s1. The normalized spacial score (nSPS) is 35.4. The number of benzene rings is 1. The Balaban J connectivity index is 1.61. The number of piperidine rings is 1. The third kappa shape index (κ3) is 2.34. The van der Waals surface area contributed by atoms with Crippen molar-refractivity contribution < 1.29 is 33.4 Å². The van der Waals surface area contributed by atoms with Gasteiger partial charge in [0, 0.05) is 0 Å². The molecule has 4 aliphatic heterocycles. The van der Waals surface area contributed by atoms with Crippen molar-refractivity contribution in [2.75, 3.05) is 4.90 Å². The lowest BCUT2D eigenvalue weighted by atomic mass is 9.72. The fraction of sp³-hybridized carbons (Fsp3) is 0.522. The van der Waals surface area contributed by atoms with Crippen molar-refractivity contribution in [3.63, 3.8) is 0 Å². The molecule has 1 spiro atoms. The first kappa shape index (κ1) is 20.8. The number of ketones is 1. The van der Waals surface area contributed by atoms with Gasteiger partial charge in [-0.1, -0.05) is 18.2 Å². The van der Waals surface area contributed by atoms with Gasteiger partial charge in [0.2, 0.25) is 17.4 Å². The van der Waals surface area contributed by atoms with Gasteiger partial charge in [0.1, 0.15) is 23.5 Å². The summed E-state index contributed by atoms with van der Waals surface area (Å²) in [5.74, 6) is -5.49. The van der Waals surface area contributed by atoms with Crippen molar-refractivity contribution in [3.05, 3.63) is 30.3 Å². The Kier molecular flexibility index (Phi) is 4.06. The van der Waals surface area contributed by atoms with Crippen molar-refractivity contribution in [1.29, 1.82) is 0 Å². The molecule has 5 rings (SSSR count). The van der Waals surface area contributed by atoms with Crippen LogP contribution in [0.2, 0.25) is 0 Å². The highest BCUT2D eigenvalue weighted by molar-refractivity contribution is 6.29. The van der Waals surface area contributed by atoms with Crippen molar-refractivity contribution in [1.82, 2.24) is 4.90 Å². The average Bonchev–Trinajstić information content (AvgIpc) is 3.38. The van der Waals surface area contributed by atoms with E-state index in [1.165, 1.54) is 11.8 Å². The van der Waals surface area contributed by atoms with E-state index in [-0.39, 0.29) is 12.8 Å². The summed E-state index contributed by atoms with van der Waals surface area (Å²) in [6.07, 6.45) is 0.366. The van der Waals surface area contributed by atoms with Gasteiger partial charge in [-0.3, -0.25) is 24.1 Å².